The predicted molar refractivity (Wildman–Crippen MR) is 116 cm³/mol. The summed E-state index contributed by atoms with van der Waals surface area (Å²) in [5, 5.41) is 10.0. The molecule has 4 N–H and O–H groups in total. The number of rotatable bonds is 5. The molecular weight excluding hydrogens is 418 g/mol. The van der Waals surface area contributed by atoms with Crippen molar-refractivity contribution in [3.8, 4) is 6.07 Å². The van der Waals surface area contributed by atoms with Crippen molar-refractivity contribution in [1.82, 2.24) is 19.5 Å². The first kappa shape index (κ1) is 22.9. The van der Waals surface area contributed by atoms with Gasteiger partial charge in [0.25, 0.3) is 0 Å². The quantitative estimate of drug-likeness (QED) is 0.512. The van der Waals surface area contributed by atoms with Gasteiger partial charge in [-0.05, 0) is 18.1 Å². The Kier molecular flexibility index (Phi) is 5.72. The summed E-state index contributed by atoms with van der Waals surface area (Å²) in [6, 6.07) is 2.20. The molecule has 2 aromatic heterocycles. The number of aromatic nitrogens is 4. The summed E-state index contributed by atoms with van der Waals surface area (Å²) < 4.78 is 19.6. The van der Waals surface area contributed by atoms with E-state index in [1.807, 2.05) is 0 Å². The molecule has 1 saturated heterocycles. The highest BCUT2D eigenvalue weighted by Gasteiger charge is 2.55. The number of nitriles is 1. The van der Waals surface area contributed by atoms with Crippen LogP contribution < -0.4 is 11.5 Å². The van der Waals surface area contributed by atoms with Crippen molar-refractivity contribution < 1.29 is 18.7 Å². The molecule has 3 atom stereocenters. The molecule has 1 aliphatic rings. The molecule has 0 aromatic carbocycles. The molecule has 0 amide bonds. The first-order chi connectivity index (χ1) is 14.3. The highest BCUT2D eigenvalue weighted by atomic mass is 28.4. The minimum absolute atomic E-state index is 0.00489. The van der Waals surface area contributed by atoms with E-state index < -0.39 is 32.2 Å². The highest BCUT2D eigenvalue weighted by Crippen LogP contribution is 2.45. The van der Waals surface area contributed by atoms with Crippen molar-refractivity contribution in [2.75, 3.05) is 18.1 Å². The lowest BCUT2D eigenvalue weighted by Gasteiger charge is -2.40. The lowest BCUT2D eigenvalue weighted by Crippen LogP contribution is -2.52. The van der Waals surface area contributed by atoms with Crippen LogP contribution >= 0.6 is 0 Å². The van der Waals surface area contributed by atoms with E-state index in [2.05, 4.69) is 54.9 Å². The third-order valence-corrected chi connectivity index (χ3v) is 10.5. The van der Waals surface area contributed by atoms with Gasteiger partial charge in [-0.3, -0.25) is 9.36 Å². The molecule has 1 aliphatic heterocycles. The van der Waals surface area contributed by atoms with Crippen molar-refractivity contribution in [1.29, 1.82) is 5.26 Å². The Hall–Kier alpha value is -2.75. The second-order valence-corrected chi connectivity index (χ2v) is 14.0. The van der Waals surface area contributed by atoms with Crippen LogP contribution in [0, 0.1) is 11.3 Å². The van der Waals surface area contributed by atoms with Crippen LogP contribution in [0.4, 0.5) is 11.8 Å². The molecule has 0 saturated carbocycles. The van der Waals surface area contributed by atoms with E-state index in [4.69, 9.17) is 25.4 Å². The van der Waals surface area contributed by atoms with Gasteiger partial charge in [-0.15, -0.1) is 0 Å². The fraction of sp³-hybridized carbons (Fsp3) is 0.632. The summed E-state index contributed by atoms with van der Waals surface area (Å²) in [7, 11) is -2.28. The Morgan fingerprint density at radius 1 is 1.42 bits per heavy atom. The van der Waals surface area contributed by atoms with E-state index in [0.29, 0.717) is 17.6 Å². The second kappa shape index (κ2) is 7.74. The van der Waals surface area contributed by atoms with E-state index in [9.17, 15) is 10.1 Å². The Labute approximate surface area is 181 Å². The average molecular weight is 448 g/mol. The van der Waals surface area contributed by atoms with Crippen LogP contribution in [-0.2, 0) is 18.7 Å². The van der Waals surface area contributed by atoms with Crippen molar-refractivity contribution in [3.63, 3.8) is 0 Å². The SMILES string of the molecule is CC(=O)OC[C@@]1(C#N)O[C@H](n2cnc3c(N)nc(N)nc32)C[C@@H]1O[Si](C)(C)C(C)(C)C. The van der Waals surface area contributed by atoms with Crippen LogP contribution in [0.2, 0.25) is 18.1 Å². The number of esters is 1. The second-order valence-electron chi connectivity index (χ2n) is 9.25. The minimum Gasteiger partial charge on any atom is -0.462 e. The third kappa shape index (κ3) is 4.21. The molecular formula is C19H29N7O4Si. The Balaban J connectivity index is 2.02. The maximum Gasteiger partial charge on any atom is 0.302 e. The van der Waals surface area contributed by atoms with E-state index in [-0.39, 0.29) is 23.4 Å². The number of imidazole rings is 1. The maximum atomic E-state index is 11.5. The number of nitrogens with two attached hydrogens (primary N) is 2. The Bertz CT molecular complexity index is 1040. The van der Waals surface area contributed by atoms with Crippen molar-refractivity contribution in [3.05, 3.63) is 6.33 Å². The van der Waals surface area contributed by atoms with Crippen LogP contribution in [0.3, 0.4) is 0 Å². The van der Waals surface area contributed by atoms with E-state index in [1.54, 1.807) is 4.57 Å². The molecule has 168 valence electrons. The van der Waals surface area contributed by atoms with E-state index in [1.165, 1.54) is 13.3 Å². The average Bonchev–Trinajstić information content (AvgIpc) is 3.21. The van der Waals surface area contributed by atoms with Crippen molar-refractivity contribution >= 4 is 37.2 Å². The zero-order chi connectivity index (χ0) is 23.2. The number of carbonyl (C=O) groups excluding carboxylic acids is 1. The number of nitrogens with zero attached hydrogens (tertiary/aromatic N) is 5. The normalized spacial score (nSPS) is 24.3. The summed E-state index contributed by atoms with van der Waals surface area (Å²) in [4.78, 5) is 23.9. The van der Waals surface area contributed by atoms with Gasteiger partial charge in [-0.2, -0.15) is 15.2 Å². The highest BCUT2D eigenvalue weighted by molar-refractivity contribution is 6.74. The molecule has 31 heavy (non-hydrogen) atoms. The van der Waals surface area contributed by atoms with Gasteiger partial charge < -0.3 is 25.4 Å². The van der Waals surface area contributed by atoms with Crippen LogP contribution in [0.5, 0.6) is 0 Å². The number of carbonyl (C=O) groups is 1. The van der Waals surface area contributed by atoms with Gasteiger partial charge in [-0.25, -0.2) is 4.98 Å². The molecule has 0 unspecified atom stereocenters. The van der Waals surface area contributed by atoms with Crippen LogP contribution in [-0.4, -0.2) is 52.1 Å². The van der Waals surface area contributed by atoms with Crippen LogP contribution in [0.25, 0.3) is 11.2 Å². The van der Waals surface area contributed by atoms with Gasteiger partial charge in [0.15, 0.2) is 19.8 Å². The third-order valence-electron chi connectivity index (χ3n) is 5.98. The fourth-order valence-corrected chi connectivity index (χ4v) is 4.57. The molecule has 0 aliphatic carbocycles. The summed E-state index contributed by atoms with van der Waals surface area (Å²) in [5.41, 5.74) is 11.0. The van der Waals surface area contributed by atoms with Gasteiger partial charge in [-0.1, -0.05) is 20.8 Å². The summed E-state index contributed by atoms with van der Waals surface area (Å²) in [6.45, 7) is 11.5. The standard InChI is InChI=1S/C19H29N7O4Si/c1-11(27)28-9-19(8-20)12(30-31(5,6)18(2,3)4)7-13(29-19)26-10-23-14-15(21)24-17(22)25-16(14)26/h10,12-13H,7,9H2,1-6H3,(H4,21,22,24,25)/t12-,13-,19+/m0/s1. The van der Waals surface area contributed by atoms with Gasteiger partial charge in [0.2, 0.25) is 11.5 Å². The lowest BCUT2D eigenvalue weighted by atomic mass is 10.00. The molecule has 3 heterocycles. The van der Waals surface area contributed by atoms with E-state index >= 15 is 0 Å². The largest absolute Gasteiger partial charge is 0.462 e. The van der Waals surface area contributed by atoms with Crippen LogP contribution in [0.1, 0.15) is 40.3 Å². The first-order valence-corrected chi connectivity index (χ1v) is 12.9. The predicted octanol–water partition coefficient (Wildman–Crippen LogP) is 2.13. The lowest BCUT2D eigenvalue weighted by molar-refractivity contribution is -0.153. The monoisotopic (exact) mass is 447 g/mol. The van der Waals surface area contributed by atoms with Gasteiger partial charge >= 0.3 is 5.97 Å². The first-order valence-electron chi connectivity index (χ1n) is 9.95. The molecule has 0 bridgehead atoms. The van der Waals surface area contributed by atoms with Crippen molar-refractivity contribution in [2.45, 2.75) is 70.2 Å². The maximum absolute atomic E-state index is 11.5. The Morgan fingerprint density at radius 3 is 2.68 bits per heavy atom. The van der Waals surface area contributed by atoms with Gasteiger partial charge in [0.1, 0.15) is 24.4 Å². The minimum atomic E-state index is -2.28. The topological polar surface area (TPSA) is 164 Å². The fourth-order valence-electron chi connectivity index (χ4n) is 3.22. The number of nitrogen functional groups attached to an aromatic ring is 2. The molecule has 12 heteroatoms. The molecule has 1 fully saturated rings. The zero-order valence-electron chi connectivity index (χ0n) is 18.7. The zero-order valence-corrected chi connectivity index (χ0v) is 19.7. The molecule has 3 rings (SSSR count). The number of ether oxygens (including phenoxy) is 2. The Morgan fingerprint density at radius 2 is 2.10 bits per heavy atom. The van der Waals surface area contributed by atoms with Crippen LogP contribution in [0.15, 0.2) is 6.33 Å². The van der Waals surface area contributed by atoms with Gasteiger partial charge in [0, 0.05) is 13.3 Å². The molecule has 11 nitrogen and oxygen atoms in total. The van der Waals surface area contributed by atoms with E-state index in [0.717, 1.165) is 0 Å². The molecule has 0 spiro atoms. The summed E-state index contributed by atoms with van der Waals surface area (Å²) in [5.74, 6) is -0.348. The summed E-state index contributed by atoms with van der Waals surface area (Å²) in [6.07, 6.45) is 0.569. The number of anilines is 2. The summed E-state index contributed by atoms with van der Waals surface area (Å²) >= 11 is 0. The number of hydrogen-bond acceptors (Lipinski definition) is 10. The van der Waals surface area contributed by atoms with Crippen molar-refractivity contribution in [2.24, 2.45) is 0 Å². The molecule has 2 aromatic rings. The number of hydrogen-bond donors (Lipinski definition) is 2. The molecule has 0 radical (unpaired) electrons. The smallest absolute Gasteiger partial charge is 0.302 e. The number of fused-ring (bicyclic) bond motifs is 1. The van der Waals surface area contributed by atoms with Gasteiger partial charge in [0.05, 0.1) is 12.4 Å².